The Morgan fingerprint density at radius 2 is 1.77 bits per heavy atom. The summed E-state index contributed by atoms with van der Waals surface area (Å²) in [6, 6.07) is 14.2. The molecule has 2 heterocycles. The largest absolute Gasteiger partial charge is 0.490 e. The molecular weight excluding hydrogens is 508 g/mol. The average Bonchev–Trinajstić information content (AvgIpc) is 2.98. The summed E-state index contributed by atoms with van der Waals surface area (Å²) in [6.45, 7) is 1.43. The van der Waals surface area contributed by atoms with Gasteiger partial charge in [0.15, 0.2) is 0 Å². The predicted octanol–water partition coefficient (Wildman–Crippen LogP) is 4.48. The molecule has 2 aliphatic heterocycles. The van der Waals surface area contributed by atoms with Crippen molar-refractivity contribution in [2.45, 2.75) is 76.2 Å². The first-order chi connectivity index (χ1) is 19.5. The average molecular weight is 549 g/mol. The molecule has 0 spiro atoms. The van der Waals surface area contributed by atoms with Crippen LogP contribution in [0.1, 0.15) is 67.3 Å². The van der Waals surface area contributed by atoms with Crippen LogP contribution >= 0.6 is 0 Å². The lowest BCUT2D eigenvalue weighted by atomic mass is 9.89. The molecule has 0 aromatic heterocycles. The van der Waals surface area contributed by atoms with E-state index in [1.807, 2.05) is 30.3 Å². The first kappa shape index (κ1) is 28.0. The van der Waals surface area contributed by atoms with Crippen LogP contribution in [0.3, 0.4) is 0 Å². The van der Waals surface area contributed by atoms with Crippen LogP contribution in [0.5, 0.6) is 5.75 Å². The van der Waals surface area contributed by atoms with Gasteiger partial charge >= 0.3 is 6.03 Å². The molecule has 214 valence electrons. The predicted molar refractivity (Wildman–Crippen MR) is 152 cm³/mol. The van der Waals surface area contributed by atoms with Gasteiger partial charge in [-0.25, -0.2) is 4.79 Å². The summed E-state index contributed by atoms with van der Waals surface area (Å²) in [5.41, 5.74) is 1.89. The van der Waals surface area contributed by atoms with Gasteiger partial charge in [-0.3, -0.25) is 9.59 Å². The maximum atomic E-state index is 13.5. The van der Waals surface area contributed by atoms with E-state index in [9.17, 15) is 14.4 Å². The fraction of sp³-hybridized carbons (Fsp3) is 0.516. The van der Waals surface area contributed by atoms with Gasteiger partial charge in [-0.2, -0.15) is 0 Å². The van der Waals surface area contributed by atoms with E-state index in [-0.39, 0.29) is 42.7 Å². The Labute approximate surface area is 236 Å². The van der Waals surface area contributed by atoms with Crippen LogP contribution in [0.2, 0.25) is 0 Å². The van der Waals surface area contributed by atoms with Gasteiger partial charge in [-0.05, 0) is 55.4 Å². The molecule has 2 fully saturated rings. The van der Waals surface area contributed by atoms with Crippen LogP contribution in [-0.4, -0.2) is 61.2 Å². The summed E-state index contributed by atoms with van der Waals surface area (Å²) < 4.78 is 12.4. The number of nitrogens with one attached hydrogen (secondary N) is 3. The third kappa shape index (κ3) is 7.13. The van der Waals surface area contributed by atoms with E-state index in [1.165, 1.54) is 32.1 Å². The van der Waals surface area contributed by atoms with Gasteiger partial charge in [0.1, 0.15) is 18.5 Å². The van der Waals surface area contributed by atoms with Crippen LogP contribution in [0.15, 0.2) is 48.5 Å². The monoisotopic (exact) mass is 548 g/mol. The van der Waals surface area contributed by atoms with Crippen molar-refractivity contribution in [2.75, 3.05) is 25.5 Å². The lowest BCUT2D eigenvalue weighted by Crippen LogP contribution is -2.54. The lowest BCUT2D eigenvalue weighted by Gasteiger charge is -2.42. The number of benzene rings is 2. The summed E-state index contributed by atoms with van der Waals surface area (Å²) in [5.74, 6) is 0.877. The van der Waals surface area contributed by atoms with Crippen molar-refractivity contribution in [1.82, 2.24) is 15.5 Å². The molecule has 9 nitrogen and oxygen atoms in total. The first-order valence-corrected chi connectivity index (χ1v) is 14.5. The van der Waals surface area contributed by atoms with Gasteiger partial charge in [0.25, 0.3) is 5.91 Å². The number of amides is 4. The maximum absolute atomic E-state index is 13.5. The van der Waals surface area contributed by atoms with E-state index in [2.05, 4.69) is 16.0 Å². The summed E-state index contributed by atoms with van der Waals surface area (Å²) in [6.07, 6.45) is 7.44. The first-order valence-electron chi connectivity index (χ1n) is 14.5. The molecule has 4 amide bonds. The van der Waals surface area contributed by atoms with Crippen molar-refractivity contribution in [3.63, 3.8) is 0 Å². The van der Waals surface area contributed by atoms with Gasteiger partial charge in [-0.15, -0.1) is 0 Å². The Morgan fingerprint density at radius 1 is 0.975 bits per heavy atom. The van der Waals surface area contributed by atoms with Crippen molar-refractivity contribution >= 4 is 23.5 Å². The highest BCUT2D eigenvalue weighted by Crippen LogP contribution is 2.32. The topological polar surface area (TPSA) is 109 Å². The molecular formula is C31H40N4O5. The van der Waals surface area contributed by atoms with Crippen LogP contribution in [-0.2, 0) is 16.1 Å². The van der Waals surface area contributed by atoms with E-state index in [0.717, 1.165) is 18.5 Å². The Morgan fingerprint density at radius 3 is 2.58 bits per heavy atom. The number of likely N-dealkylation sites (N-methyl/N-ethyl adjacent to an activating group) is 1. The van der Waals surface area contributed by atoms with Crippen molar-refractivity contribution in [1.29, 1.82) is 0 Å². The minimum absolute atomic E-state index is 0.0309. The van der Waals surface area contributed by atoms with Gasteiger partial charge in [0.05, 0.1) is 24.1 Å². The molecule has 0 bridgehead atoms. The molecule has 0 unspecified atom stereocenters. The molecule has 9 heteroatoms. The molecule has 1 saturated heterocycles. The number of hydrogen-bond donors (Lipinski definition) is 3. The molecule has 3 N–H and O–H groups in total. The number of carbonyl (C=O) groups excluding carboxylic acids is 3. The summed E-state index contributed by atoms with van der Waals surface area (Å²) >= 11 is 0. The Hall–Kier alpha value is -3.59. The van der Waals surface area contributed by atoms with Crippen molar-refractivity contribution in [3.8, 4) is 5.75 Å². The number of anilines is 1. The Kier molecular flexibility index (Phi) is 9.21. The third-order valence-corrected chi connectivity index (χ3v) is 8.29. The Balaban J connectivity index is 1.16. The zero-order valence-electron chi connectivity index (χ0n) is 23.2. The van der Waals surface area contributed by atoms with E-state index < -0.39 is 0 Å². The normalized spacial score (nSPS) is 23.1. The second kappa shape index (κ2) is 13.2. The molecule has 0 radical (unpaired) electrons. The summed E-state index contributed by atoms with van der Waals surface area (Å²) in [5, 5.41) is 8.74. The highest BCUT2D eigenvalue weighted by molar-refractivity contribution is 5.99. The molecule has 40 heavy (non-hydrogen) atoms. The van der Waals surface area contributed by atoms with Crippen molar-refractivity contribution < 1.29 is 23.9 Å². The second-order valence-electron chi connectivity index (χ2n) is 11.2. The van der Waals surface area contributed by atoms with E-state index in [1.54, 1.807) is 30.1 Å². The zero-order valence-corrected chi connectivity index (χ0v) is 23.2. The molecule has 3 aliphatic rings. The van der Waals surface area contributed by atoms with Crippen LogP contribution in [0.25, 0.3) is 0 Å². The molecule has 2 aromatic rings. The maximum Gasteiger partial charge on any atom is 0.319 e. The van der Waals surface area contributed by atoms with Crippen molar-refractivity contribution in [3.05, 3.63) is 59.7 Å². The van der Waals surface area contributed by atoms with Crippen LogP contribution in [0.4, 0.5) is 10.5 Å². The Bertz CT molecular complexity index is 1180. The molecule has 5 rings (SSSR count). The highest BCUT2D eigenvalue weighted by atomic mass is 16.5. The van der Waals surface area contributed by atoms with Crippen LogP contribution < -0.4 is 20.7 Å². The fourth-order valence-electron chi connectivity index (χ4n) is 5.99. The standard InChI is InChI=1S/C31H40N4O5/c1-35-26-14-13-24(17-29(36)32-18-21-8-4-2-5-9-21)40-28(26)20-39-27-15-12-23(16-25(27)30(35)37)34-31(38)33-19-22-10-6-3-7-11-22/h3,6-7,10-12,15-16,21,24,26,28H,2,4-5,8-9,13-14,17-20H2,1H3,(H,32,36)(H2,33,34,38)/t24-,26-,28+/m1/s1. The number of rotatable bonds is 7. The van der Waals surface area contributed by atoms with E-state index >= 15 is 0 Å². The number of carbonyl (C=O) groups is 3. The van der Waals surface area contributed by atoms with Gasteiger partial charge in [0, 0.05) is 25.8 Å². The summed E-state index contributed by atoms with van der Waals surface area (Å²) in [4.78, 5) is 40.3. The smallest absolute Gasteiger partial charge is 0.319 e. The second-order valence-corrected chi connectivity index (χ2v) is 11.2. The molecule has 2 aromatic carbocycles. The third-order valence-electron chi connectivity index (χ3n) is 8.29. The lowest BCUT2D eigenvalue weighted by molar-refractivity contribution is -0.134. The number of urea groups is 1. The molecule has 1 saturated carbocycles. The molecule has 1 aliphatic carbocycles. The van der Waals surface area contributed by atoms with Gasteiger partial charge < -0.3 is 30.3 Å². The minimum atomic E-state index is -0.356. The SMILES string of the molecule is CN1C(=O)c2cc(NC(=O)NCc3ccccc3)ccc2OC[C@@H]2O[C@@H](CC(=O)NCC3CCCCC3)CC[C@H]21. The van der Waals surface area contributed by atoms with E-state index in [4.69, 9.17) is 9.47 Å². The number of ether oxygens (including phenoxy) is 2. The zero-order chi connectivity index (χ0) is 27.9. The highest BCUT2D eigenvalue weighted by Gasteiger charge is 2.39. The number of fused-ring (bicyclic) bond motifs is 2. The quantitative estimate of drug-likeness (QED) is 0.473. The van der Waals surface area contributed by atoms with Gasteiger partial charge in [-0.1, -0.05) is 49.6 Å². The number of hydrogen-bond acceptors (Lipinski definition) is 5. The molecule has 3 atom stereocenters. The number of nitrogens with zero attached hydrogens (tertiary/aromatic N) is 1. The fourth-order valence-corrected chi connectivity index (χ4v) is 5.99. The van der Waals surface area contributed by atoms with Crippen LogP contribution in [0, 0.1) is 5.92 Å². The van der Waals surface area contributed by atoms with Gasteiger partial charge in [0.2, 0.25) is 5.91 Å². The van der Waals surface area contributed by atoms with E-state index in [0.29, 0.717) is 42.3 Å². The minimum Gasteiger partial charge on any atom is -0.490 e. The van der Waals surface area contributed by atoms with Crippen molar-refractivity contribution in [2.24, 2.45) is 5.92 Å². The summed E-state index contributed by atoms with van der Waals surface area (Å²) in [7, 11) is 1.78.